The molecule has 0 heterocycles. The lowest BCUT2D eigenvalue weighted by Crippen LogP contribution is -2.44. The van der Waals surface area contributed by atoms with Crippen molar-refractivity contribution in [1.29, 1.82) is 0 Å². The van der Waals surface area contributed by atoms with Crippen LogP contribution in [0.1, 0.15) is 12.8 Å². The highest BCUT2D eigenvalue weighted by molar-refractivity contribution is 5.89. The quantitative estimate of drug-likeness (QED) is 0.300. The van der Waals surface area contributed by atoms with Gasteiger partial charge in [-0.1, -0.05) is 0 Å². The predicted molar refractivity (Wildman–Crippen MR) is 56.0 cm³/mol. The fraction of sp³-hybridized carbons (Fsp3) is 0.556. The van der Waals surface area contributed by atoms with Crippen LogP contribution in [0.4, 0.5) is 0 Å². The molecule has 0 radical (unpaired) electrons. The normalized spacial score (nSPS) is 15.1. The minimum absolute atomic E-state index is 0.550. The Morgan fingerprint density at radius 3 is 1.95 bits per heavy atom. The molecule has 6 N–H and O–H groups in total. The first kappa shape index (κ1) is 16.8. The van der Waals surface area contributed by atoms with Crippen LogP contribution in [0.2, 0.25) is 0 Å². The molecule has 0 bridgehead atoms. The molecule has 0 saturated carbocycles. The second-order valence-electron chi connectivity index (χ2n) is 3.64. The Kier molecular flexibility index (Phi) is 5.89. The number of aliphatic hydroxyl groups is 1. The van der Waals surface area contributed by atoms with Crippen molar-refractivity contribution < 1.29 is 44.3 Å². The maximum absolute atomic E-state index is 11.3. The molecule has 0 aliphatic rings. The fourth-order valence-electron chi connectivity index (χ4n) is 1.10. The molecule has 0 aliphatic carbocycles. The van der Waals surface area contributed by atoms with Crippen molar-refractivity contribution in [3.05, 3.63) is 0 Å². The Labute approximate surface area is 106 Å². The summed E-state index contributed by atoms with van der Waals surface area (Å²) in [6.07, 6.45) is -4.15. The van der Waals surface area contributed by atoms with Crippen molar-refractivity contribution in [2.45, 2.75) is 24.5 Å². The molecule has 108 valence electrons. The number of esters is 1. The van der Waals surface area contributed by atoms with E-state index < -0.39 is 55.0 Å². The molecule has 0 aromatic carbocycles. The summed E-state index contributed by atoms with van der Waals surface area (Å²) in [6, 6.07) is 0. The number of aliphatic carboxylic acids is 3. The van der Waals surface area contributed by atoms with E-state index in [1.54, 1.807) is 0 Å². The molecule has 0 aromatic heterocycles. The van der Waals surface area contributed by atoms with Crippen molar-refractivity contribution in [3.63, 3.8) is 0 Å². The number of carboxylic acids is 3. The van der Waals surface area contributed by atoms with E-state index in [4.69, 9.17) is 21.1 Å². The largest absolute Gasteiger partial charge is 0.481 e. The average molecular weight is 279 g/mol. The second-order valence-corrected chi connectivity index (χ2v) is 3.64. The van der Waals surface area contributed by atoms with E-state index in [1.165, 1.54) is 0 Å². The van der Waals surface area contributed by atoms with Crippen LogP contribution >= 0.6 is 0 Å². The zero-order valence-electron chi connectivity index (χ0n) is 9.61. The molecule has 0 fully saturated rings. The van der Waals surface area contributed by atoms with Crippen molar-refractivity contribution in [2.24, 2.45) is 5.73 Å². The maximum atomic E-state index is 11.3. The van der Waals surface area contributed by atoms with Crippen LogP contribution in [0.25, 0.3) is 0 Å². The number of carboxylic acid groups (broad SMARTS) is 3. The van der Waals surface area contributed by atoms with Crippen LogP contribution in [-0.2, 0) is 23.9 Å². The third kappa shape index (κ3) is 5.31. The van der Waals surface area contributed by atoms with Crippen LogP contribution in [-0.4, -0.2) is 62.6 Å². The van der Waals surface area contributed by atoms with Gasteiger partial charge in [-0.2, -0.15) is 0 Å². The van der Waals surface area contributed by atoms with Gasteiger partial charge in [0.2, 0.25) is 6.10 Å². The average Bonchev–Trinajstić information content (AvgIpc) is 2.23. The third-order valence-electron chi connectivity index (χ3n) is 2.04. The van der Waals surface area contributed by atoms with Crippen molar-refractivity contribution in [1.82, 2.24) is 0 Å². The van der Waals surface area contributed by atoms with Crippen molar-refractivity contribution in [2.75, 3.05) is 6.54 Å². The highest BCUT2D eigenvalue weighted by atomic mass is 16.6. The Balaban J connectivity index is 4.78. The topological polar surface area (TPSA) is 184 Å². The van der Waals surface area contributed by atoms with Gasteiger partial charge >= 0.3 is 23.9 Å². The predicted octanol–water partition coefficient (Wildman–Crippen LogP) is -2.38. The lowest BCUT2D eigenvalue weighted by molar-refractivity contribution is -0.176. The monoisotopic (exact) mass is 279 g/mol. The molecular weight excluding hydrogens is 266 g/mol. The zero-order chi connectivity index (χ0) is 15.2. The smallest absolute Gasteiger partial charge is 0.346 e. The third-order valence-corrected chi connectivity index (χ3v) is 2.04. The molecule has 19 heavy (non-hydrogen) atoms. The standard InChI is InChI=1S/C9H13NO9/c10-3-4(7(14)15)19-6(13)2-9(18,8(16)17)1-5(11)12/h4,18H,1-3,10H2,(H,11,12)(H,14,15)(H,16,17). The molecule has 2 atom stereocenters. The van der Waals surface area contributed by atoms with Gasteiger partial charge in [0.05, 0.1) is 12.8 Å². The second kappa shape index (κ2) is 6.66. The van der Waals surface area contributed by atoms with Crippen LogP contribution < -0.4 is 5.73 Å². The van der Waals surface area contributed by atoms with E-state index in [0.717, 1.165) is 0 Å². The van der Waals surface area contributed by atoms with Crippen molar-refractivity contribution >= 4 is 23.9 Å². The number of nitrogens with two attached hydrogens (primary N) is 1. The molecule has 0 spiro atoms. The molecular formula is C9H13NO9. The van der Waals surface area contributed by atoms with Gasteiger partial charge in [-0.3, -0.25) is 9.59 Å². The highest BCUT2D eigenvalue weighted by Gasteiger charge is 2.42. The van der Waals surface area contributed by atoms with E-state index >= 15 is 0 Å². The van der Waals surface area contributed by atoms with E-state index in [0.29, 0.717) is 0 Å². The van der Waals surface area contributed by atoms with Gasteiger partial charge in [0, 0.05) is 6.54 Å². The molecule has 0 aromatic rings. The van der Waals surface area contributed by atoms with Crippen LogP contribution in [0.3, 0.4) is 0 Å². The number of carbonyl (C=O) groups is 4. The van der Waals surface area contributed by atoms with Gasteiger partial charge in [0.25, 0.3) is 0 Å². The summed E-state index contributed by atoms with van der Waals surface area (Å²) in [5.41, 5.74) is 2.12. The summed E-state index contributed by atoms with van der Waals surface area (Å²) in [4.78, 5) is 42.9. The van der Waals surface area contributed by atoms with E-state index in [9.17, 15) is 24.3 Å². The van der Waals surface area contributed by atoms with Crippen molar-refractivity contribution in [3.8, 4) is 0 Å². The Morgan fingerprint density at radius 2 is 1.63 bits per heavy atom. The number of hydrogen-bond acceptors (Lipinski definition) is 7. The molecule has 10 heteroatoms. The summed E-state index contributed by atoms with van der Waals surface area (Å²) in [6.45, 7) is -0.550. The molecule has 0 rings (SSSR count). The number of rotatable bonds is 8. The molecule has 0 saturated heterocycles. The first-order valence-corrected chi connectivity index (χ1v) is 4.92. The molecule has 10 nitrogen and oxygen atoms in total. The fourth-order valence-corrected chi connectivity index (χ4v) is 1.10. The lowest BCUT2D eigenvalue weighted by Gasteiger charge is -2.21. The first-order valence-electron chi connectivity index (χ1n) is 4.92. The number of carbonyl (C=O) groups excluding carboxylic acids is 1. The molecule has 2 unspecified atom stereocenters. The van der Waals surface area contributed by atoms with Gasteiger partial charge in [0.15, 0.2) is 5.60 Å². The first-order chi connectivity index (χ1) is 8.62. The summed E-state index contributed by atoms with van der Waals surface area (Å²) < 4.78 is 4.31. The highest BCUT2D eigenvalue weighted by Crippen LogP contribution is 2.17. The van der Waals surface area contributed by atoms with E-state index in [2.05, 4.69) is 4.74 Å². The maximum Gasteiger partial charge on any atom is 0.346 e. The molecule has 0 aliphatic heterocycles. The van der Waals surface area contributed by atoms with Gasteiger partial charge < -0.3 is 30.9 Å². The van der Waals surface area contributed by atoms with Gasteiger partial charge in [-0.05, 0) is 0 Å². The minimum atomic E-state index is -2.87. The van der Waals surface area contributed by atoms with Crippen LogP contribution in [0, 0.1) is 0 Å². The summed E-state index contributed by atoms with van der Waals surface area (Å²) >= 11 is 0. The lowest BCUT2D eigenvalue weighted by atomic mass is 9.96. The van der Waals surface area contributed by atoms with Crippen LogP contribution in [0.15, 0.2) is 0 Å². The SMILES string of the molecule is NCC(OC(=O)CC(O)(CC(=O)O)C(=O)O)C(=O)O. The Hall–Kier alpha value is -2.20. The van der Waals surface area contributed by atoms with Gasteiger partial charge in [-0.25, -0.2) is 9.59 Å². The summed E-state index contributed by atoms with van der Waals surface area (Å²) in [7, 11) is 0. The number of hydrogen-bond donors (Lipinski definition) is 5. The van der Waals surface area contributed by atoms with Crippen LogP contribution in [0.5, 0.6) is 0 Å². The molecule has 0 amide bonds. The minimum Gasteiger partial charge on any atom is -0.481 e. The zero-order valence-corrected chi connectivity index (χ0v) is 9.61. The summed E-state index contributed by atoms with van der Waals surface area (Å²) in [5, 5.41) is 35.1. The van der Waals surface area contributed by atoms with E-state index in [1.807, 2.05) is 0 Å². The van der Waals surface area contributed by atoms with E-state index in [-0.39, 0.29) is 0 Å². The Bertz CT molecular complexity index is 393. The van der Waals surface area contributed by atoms with Gasteiger partial charge in [0.1, 0.15) is 0 Å². The number of ether oxygens (including phenoxy) is 1. The summed E-state index contributed by atoms with van der Waals surface area (Å²) in [5.74, 6) is -6.52. The van der Waals surface area contributed by atoms with Gasteiger partial charge in [-0.15, -0.1) is 0 Å². The Morgan fingerprint density at radius 1 is 1.11 bits per heavy atom.